The van der Waals surface area contributed by atoms with Crippen LogP contribution in [0.25, 0.3) is 0 Å². The van der Waals surface area contributed by atoms with Crippen LogP contribution in [0, 0.1) is 0 Å². The highest BCUT2D eigenvalue weighted by Gasteiger charge is 2.36. The molecule has 0 bridgehead atoms. The number of esters is 1. The summed E-state index contributed by atoms with van der Waals surface area (Å²) in [5.74, 6) is -0.510. The second-order valence-corrected chi connectivity index (χ2v) is 6.78. The number of carbonyl (C=O) groups is 2. The Morgan fingerprint density at radius 1 is 1.33 bits per heavy atom. The highest BCUT2D eigenvalue weighted by Crippen LogP contribution is 2.25. The van der Waals surface area contributed by atoms with Crippen molar-refractivity contribution in [3.05, 3.63) is 23.8 Å². The molecular weight excluding hydrogens is 312 g/mol. The Labute approximate surface area is 141 Å². The van der Waals surface area contributed by atoms with Crippen LogP contribution in [0.2, 0.25) is 0 Å². The summed E-state index contributed by atoms with van der Waals surface area (Å²) in [6.45, 7) is 5.68. The standard InChI is InChI=1S/C16H24N4O4/c1-16(2,3)24-15(22)20-9-13-12(18-5-6-19-13)8-10(20)7-11(17)14(21)23-4/h5-6,10-11H,7-9,17H2,1-4H3. The Kier molecular flexibility index (Phi) is 5.38. The third kappa shape index (κ3) is 4.41. The average molecular weight is 336 g/mol. The van der Waals surface area contributed by atoms with Crippen molar-refractivity contribution < 1.29 is 19.1 Å². The number of hydrogen-bond acceptors (Lipinski definition) is 7. The van der Waals surface area contributed by atoms with Gasteiger partial charge in [-0.25, -0.2) is 4.79 Å². The lowest BCUT2D eigenvalue weighted by atomic mass is 9.96. The predicted molar refractivity (Wildman–Crippen MR) is 85.9 cm³/mol. The molecule has 8 nitrogen and oxygen atoms in total. The number of carbonyl (C=O) groups excluding carboxylic acids is 2. The van der Waals surface area contributed by atoms with Gasteiger partial charge < -0.3 is 15.2 Å². The zero-order valence-electron chi connectivity index (χ0n) is 14.5. The number of ether oxygens (including phenoxy) is 2. The fraction of sp³-hybridized carbons (Fsp3) is 0.625. The molecule has 1 aliphatic rings. The first-order chi connectivity index (χ1) is 11.2. The number of aromatic nitrogens is 2. The van der Waals surface area contributed by atoms with Crippen molar-refractivity contribution >= 4 is 12.1 Å². The van der Waals surface area contributed by atoms with Gasteiger partial charge in [-0.15, -0.1) is 0 Å². The maximum Gasteiger partial charge on any atom is 0.410 e. The van der Waals surface area contributed by atoms with Crippen molar-refractivity contribution in [1.29, 1.82) is 0 Å². The monoisotopic (exact) mass is 336 g/mol. The van der Waals surface area contributed by atoms with Crippen LogP contribution in [0.15, 0.2) is 12.4 Å². The van der Waals surface area contributed by atoms with E-state index in [4.69, 9.17) is 10.5 Å². The minimum Gasteiger partial charge on any atom is -0.468 e. The van der Waals surface area contributed by atoms with Gasteiger partial charge in [0.25, 0.3) is 0 Å². The van der Waals surface area contributed by atoms with Gasteiger partial charge in [0.2, 0.25) is 0 Å². The fourth-order valence-electron chi connectivity index (χ4n) is 2.61. The van der Waals surface area contributed by atoms with E-state index < -0.39 is 23.7 Å². The van der Waals surface area contributed by atoms with Gasteiger partial charge in [-0.1, -0.05) is 0 Å². The molecule has 1 aliphatic heterocycles. The average Bonchev–Trinajstić information content (AvgIpc) is 2.51. The Hall–Kier alpha value is -2.22. The van der Waals surface area contributed by atoms with Crippen LogP contribution in [0.4, 0.5) is 4.79 Å². The number of rotatable bonds is 3. The second kappa shape index (κ2) is 7.12. The Balaban J connectivity index is 2.22. The summed E-state index contributed by atoms with van der Waals surface area (Å²) >= 11 is 0. The Bertz CT molecular complexity index is 614. The molecule has 0 fully saturated rings. The van der Waals surface area contributed by atoms with Crippen molar-refractivity contribution in [2.45, 2.75) is 57.8 Å². The highest BCUT2D eigenvalue weighted by atomic mass is 16.6. The van der Waals surface area contributed by atoms with E-state index in [9.17, 15) is 9.59 Å². The van der Waals surface area contributed by atoms with Gasteiger partial charge in [0.1, 0.15) is 11.6 Å². The molecule has 0 spiro atoms. The van der Waals surface area contributed by atoms with Crippen LogP contribution in [-0.2, 0) is 27.2 Å². The number of fused-ring (bicyclic) bond motifs is 1. The molecule has 132 valence electrons. The van der Waals surface area contributed by atoms with Crippen LogP contribution in [0.3, 0.4) is 0 Å². The number of nitrogens with zero attached hydrogens (tertiary/aromatic N) is 3. The van der Waals surface area contributed by atoms with E-state index in [2.05, 4.69) is 14.7 Å². The minimum absolute atomic E-state index is 0.266. The molecule has 0 aromatic carbocycles. The molecule has 2 N–H and O–H groups in total. The molecule has 2 heterocycles. The SMILES string of the molecule is COC(=O)C(N)CC1Cc2nccnc2CN1C(=O)OC(C)(C)C. The lowest BCUT2D eigenvalue weighted by Gasteiger charge is -2.37. The van der Waals surface area contributed by atoms with Gasteiger partial charge in [-0.3, -0.25) is 19.7 Å². The second-order valence-electron chi connectivity index (χ2n) is 6.78. The number of methoxy groups -OCH3 is 1. The number of amides is 1. The van der Waals surface area contributed by atoms with Crippen LogP contribution in [0.5, 0.6) is 0 Å². The van der Waals surface area contributed by atoms with Gasteiger partial charge in [0.05, 0.1) is 25.0 Å². The van der Waals surface area contributed by atoms with Crippen LogP contribution in [-0.4, -0.2) is 51.7 Å². The molecule has 1 amide bonds. The smallest absolute Gasteiger partial charge is 0.410 e. The fourth-order valence-corrected chi connectivity index (χ4v) is 2.61. The lowest BCUT2D eigenvalue weighted by molar-refractivity contribution is -0.142. The molecular formula is C16H24N4O4. The summed E-state index contributed by atoms with van der Waals surface area (Å²) < 4.78 is 10.1. The maximum atomic E-state index is 12.6. The molecule has 0 saturated heterocycles. The van der Waals surface area contributed by atoms with E-state index in [0.717, 1.165) is 11.4 Å². The molecule has 2 unspecified atom stereocenters. The highest BCUT2D eigenvalue weighted by molar-refractivity contribution is 5.75. The van der Waals surface area contributed by atoms with E-state index in [1.54, 1.807) is 38.1 Å². The number of hydrogen-bond donors (Lipinski definition) is 1. The lowest BCUT2D eigenvalue weighted by Crippen LogP contribution is -2.50. The summed E-state index contributed by atoms with van der Waals surface area (Å²) in [6, 6.07) is -1.12. The molecule has 0 saturated carbocycles. The summed E-state index contributed by atoms with van der Waals surface area (Å²) in [4.78, 5) is 34.3. The van der Waals surface area contributed by atoms with Gasteiger partial charge >= 0.3 is 12.1 Å². The van der Waals surface area contributed by atoms with Crippen LogP contribution < -0.4 is 5.73 Å². The van der Waals surface area contributed by atoms with Crippen molar-refractivity contribution in [3.63, 3.8) is 0 Å². The summed E-state index contributed by atoms with van der Waals surface area (Å²) in [5.41, 5.74) is 6.80. The van der Waals surface area contributed by atoms with Gasteiger partial charge in [-0.05, 0) is 27.2 Å². The zero-order valence-corrected chi connectivity index (χ0v) is 14.5. The van der Waals surface area contributed by atoms with Gasteiger partial charge in [0, 0.05) is 24.9 Å². The molecule has 1 aromatic heterocycles. The topological polar surface area (TPSA) is 108 Å². The minimum atomic E-state index is -0.817. The van der Waals surface area contributed by atoms with E-state index in [1.807, 2.05) is 0 Å². The first-order valence-corrected chi connectivity index (χ1v) is 7.83. The van der Waals surface area contributed by atoms with E-state index in [1.165, 1.54) is 7.11 Å². The Morgan fingerprint density at radius 3 is 2.54 bits per heavy atom. The first kappa shape index (κ1) is 18.1. The molecule has 24 heavy (non-hydrogen) atoms. The summed E-state index contributed by atoms with van der Waals surface area (Å²) in [6.07, 6.45) is 3.47. The Morgan fingerprint density at radius 2 is 1.96 bits per heavy atom. The third-order valence-electron chi connectivity index (χ3n) is 3.71. The van der Waals surface area contributed by atoms with E-state index >= 15 is 0 Å². The molecule has 1 aromatic rings. The molecule has 0 aliphatic carbocycles. The quantitative estimate of drug-likeness (QED) is 0.821. The van der Waals surface area contributed by atoms with Crippen molar-refractivity contribution in [2.24, 2.45) is 5.73 Å². The van der Waals surface area contributed by atoms with Gasteiger partial charge in [0.15, 0.2) is 0 Å². The predicted octanol–water partition coefficient (Wildman–Crippen LogP) is 1.03. The first-order valence-electron chi connectivity index (χ1n) is 7.83. The molecule has 2 rings (SSSR count). The number of nitrogens with two attached hydrogens (primary N) is 1. The van der Waals surface area contributed by atoms with Crippen LogP contribution >= 0.6 is 0 Å². The van der Waals surface area contributed by atoms with Crippen molar-refractivity contribution in [2.75, 3.05) is 7.11 Å². The molecule has 2 atom stereocenters. The third-order valence-corrected chi connectivity index (χ3v) is 3.71. The van der Waals surface area contributed by atoms with Crippen molar-refractivity contribution in [1.82, 2.24) is 14.9 Å². The summed E-state index contributed by atoms with van der Waals surface area (Å²) in [5, 5.41) is 0. The molecule has 8 heteroatoms. The van der Waals surface area contributed by atoms with Gasteiger partial charge in [-0.2, -0.15) is 0 Å². The molecule has 0 radical (unpaired) electrons. The maximum absolute atomic E-state index is 12.6. The van der Waals surface area contributed by atoms with Crippen LogP contribution in [0.1, 0.15) is 38.6 Å². The summed E-state index contributed by atoms with van der Waals surface area (Å²) in [7, 11) is 1.29. The largest absolute Gasteiger partial charge is 0.468 e. The van der Waals surface area contributed by atoms with E-state index in [-0.39, 0.29) is 19.0 Å². The normalized spacial score (nSPS) is 18.5. The van der Waals surface area contributed by atoms with Crippen molar-refractivity contribution in [3.8, 4) is 0 Å². The van der Waals surface area contributed by atoms with E-state index in [0.29, 0.717) is 6.42 Å². The zero-order chi connectivity index (χ0) is 17.9.